The average molecular weight is 402 g/mol. The van der Waals surface area contributed by atoms with Crippen molar-refractivity contribution in [2.24, 2.45) is 34.5 Å². The van der Waals surface area contributed by atoms with E-state index in [0.29, 0.717) is 16.9 Å². The van der Waals surface area contributed by atoms with E-state index < -0.39 is 0 Å². The maximum atomic E-state index is 5.87. The lowest BCUT2D eigenvalue weighted by Crippen LogP contribution is -2.53. The molecule has 0 aromatic heterocycles. The number of halogens is 1. The van der Waals surface area contributed by atoms with Crippen molar-refractivity contribution in [2.45, 2.75) is 84.2 Å². The molecule has 0 N–H and O–H groups in total. The summed E-state index contributed by atoms with van der Waals surface area (Å²) in [5.41, 5.74) is 1.17. The molecule has 0 aromatic carbocycles. The second-order valence-corrected chi connectivity index (χ2v) is 9.61. The van der Waals surface area contributed by atoms with E-state index in [4.69, 9.17) is 3.07 Å². The van der Waals surface area contributed by atoms with Crippen molar-refractivity contribution in [1.29, 1.82) is 0 Å². The van der Waals surface area contributed by atoms with Gasteiger partial charge in [0.05, 0.1) is 6.10 Å². The fraction of sp³-hybridized carbons (Fsp3) is 1.00. The second-order valence-electron chi connectivity index (χ2n) is 9.10. The van der Waals surface area contributed by atoms with Gasteiger partial charge in [0.1, 0.15) is 23.0 Å². The summed E-state index contributed by atoms with van der Waals surface area (Å²) in [6.07, 6.45) is 15.3. The van der Waals surface area contributed by atoms with E-state index >= 15 is 0 Å². The van der Waals surface area contributed by atoms with Crippen LogP contribution in [0.4, 0.5) is 0 Å². The molecule has 21 heavy (non-hydrogen) atoms. The van der Waals surface area contributed by atoms with Gasteiger partial charge in [-0.15, -0.1) is 0 Å². The Morgan fingerprint density at radius 3 is 2.43 bits per heavy atom. The van der Waals surface area contributed by atoms with Crippen LogP contribution in [0.15, 0.2) is 0 Å². The van der Waals surface area contributed by atoms with E-state index in [-0.39, 0.29) is 0 Å². The Labute approximate surface area is 144 Å². The van der Waals surface area contributed by atoms with Crippen LogP contribution in [0.5, 0.6) is 0 Å². The summed E-state index contributed by atoms with van der Waals surface area (Å²) < 4.78 is 5.87. The third-order valence-corrected chi connectivity index (χ3v) is 9.22. The molecule has 3 unspecified atom stereocenters. The Kier molecular flexibility index (Phi) is 3.89. The first-order chi connectivity index (χ1) is 10.1. The molecule has 4 rings (SSSR count). The van der Waals surface area contributed by atoms with Crippen LogP contribution < -0.4 is 0 Å². The van der Waals surface area contributed by atoms with E-state index in [9.17, 15) is 0 Å². The summed E-state index contributed by atoms with van der Waals surface area (Å²) in [6.45, 7) is 5.23. The smallest absolute Gasteiger partial charge is 0.110 e. The molecule has 1 nitrogen and oxygen atoms in total. The monoisotopic (exact) mass is 402 g/mol. The molecular formula is C19H31IO. The lowest BCUT2D eigenvalue weighted by molar-refractivity contribution is -0.114. The molecule has 0 spiro atoms. The topological polar surface area (TPSA) is 9.23 Å². The fourth-order valence-electron chi connectivity index (χ4n) is 7.39. The minimum Gasteiger partial charge on any atom is -0.312 e. The summed E-state index contributed by atoms with van der Waals surface area (Å²) in [5, 5.41) is 0. The van der Waals surface area contributed by atoms with E-state index in [1.165, 1.54) is 64.2 Å². The van der Waals surface area contributed by atoms with Gasteiger partial charge < -0.3 is 3.07 Å². The van der Waals surface area contributed by atoms with Crippen LogP contribution in [0.1, 0.15) is 78.1 Å². The maximum Gasteiger partial charge on any atom is 0.110 e. The predicted octanol–water partition coefficient (Wildman–Crippen LogP) is 6.15. The SMILES string of the molecule is C[C@]12CCCC[C@@H]1CCC1C2CC[C@]2(C)C(OI)CC[C@@H]12. The minimum absolute atomic E-state index is 0.486. The van der Waals surface area contributed by atoms with Crippen LogP contribution >= 0.6 is 23.0 Å². The first-order valence-corrected chi connectivity index (χ1v) is 10.2. The van der Waals surface area contributed by atoms with Crippen molar-refractivity contribution in [3.8, 4) is 0 Å². The molecule has 4 saturated carbocycles. The van der Waals surface area contributed by atoms with Gasteiger partial charge in [-0.3, -0.25) is 0 Å². The van der Waals surface area contributed by atoms with Gasteiger partial charge >= 0.3 is 0 Å². The molecule has 4 fully saturated rings. The summed E-state index contributed by atoms with van der Waals surface area (Å²) in [5.74, 6) is 4.05. The molecule has 0 bridgehead atoms. The third-order valence-electron chi connectivity index (χ3n) is 8.60. The van der Waals surface area contributed by atoms with Crippen molar-refractivity contribution in [3.05, 3.63) is 0 Å². The first-order valence-electron chi connectivity index (χ1n) is 9.37. The molecular weight excluding hydrogens is 371 g/mol. The highest BCUT2D eigenvalue weighted by molar-refractivity contribution is 14.1. The number of hydrogen-bond acceptors (Lipinski definition) is 1. The Hall–Kier alpha value is 0.690. The zero-order chi connectivity index (χ0) is 14.7. The van der Waals surface area contributed by atoms with Gasteiger partial charge in [0.2, 0.25) is 0 Å². The zero-order valence-corrected chi connectivity index (χ0v) is 15.9. The van der Waals surface area contributed by atoms with E-state index in [1.807, 2.05) is 0 Å². The average Bonchev–Trinajstić information content (AvgIpc) is 2.83. The van der Waals surface area contributed by atoms with Gasteiger partial charge in [0, 0.05) is 0 Å². The summed E-state index contributed by atoms with van der Waals surface area (Å²) in [7, 11) is 0. The van der Waals surface area contributed by atoms with Crippen molar-refractivity contribution in [1.82, 2.24) is 0 Å². The normalized spacial score (nSPS) is 56.4. The Bertz CT molecular complexity index is 410. The summed E-state index contributed by atoms with van der Waals surface area (Å²) in [4.78, 5) is 0. The Balaban J connectivity index is 1.62. The van der Waals surface area contributed by atoms with Gasteiger partial charge in [-0.1, -0.05) is 26.7 Å². The first kappa shape index (κ1) is 15.2. The molecule has 0 heterocycles. The molecule has 0 aliphatic heterocycles. The van der Waals surface area contributed by atoms with Crippen LogP contribution in [-0.2, 0) is 3.07 Å². The Morgan fingerprint density at radius 2 is 1.62 bits per heavy atom. The lowest BCUT2D eigenvalue weighted by Gasteiger charge is -2.60. The largest absolute Gasteiger partial charge is 0.312 e. The highest BCUT2D eigenvalue weighted by Gasteiger charge is 2.59. The Morgan fingerprint density at radius 1 is 0.810 bits per heavy atom. The summed E-state index contributed by atoms with van der Waals surface area (Å²) >= 11 is 2.17. The molecule has 0 amide bonds. The molecule has 4 aliphatic carbocycles. The van der Waals surface area contributed by atoms with Crippen molar-refractivity contribution >= 4 is 23.0 Å². The minimum atomic E-state index is 0.486. The van der Waals surface area contributed by atoms with Gasteiger partial charge in [-0.2, -0.15) is 0 Å². The quantitative estimate of drug-likeness (QED) is 0.478. The molecule has 120 valence electrons. The molecule has 0 radical (unpaired) electrons. The van der Waals surface area contributed by atoms with Gasteiger partial charge in [0.15, 0.2) is 0 Å². The third kappa shape index (κ3) is 2.10. The predicted molar refractivity (Wildman–Crippen MR) is 95.2 cm³/mol. The zero-order valence-electron chi connectivity index (χ0n) is 13.7. The highest BCUT2D eigenvalue weighted by Crippen LogP contribution is 2.66. The molecule has 0 aromatic rings. The van der Waals surface area contributed by atoms with Crippen LogP contribution in [-0.4, -0.2) is 6.10 Å². The van der Waals surface area contributed by atoms with E-state index in [0.717, 1.165) is 23.7 Å². The van der Waals surface area contributed by atoms with Crippen molar-refractivity contribution < 1.29 is 3.07 Å². The standard InChI is InChI=1S/C19H31IO/c1-18-11-4-3-5-13(18)6-7-14-15-8-9-17(21-20)19(15,2)12-10-16(14)18/h13-17H,3-12H2,1-2H3/t13-,14?,15+,16?,17?,18+,19+/m1/s1. The van der Waals surface area contributed by atoms with Gasteiger partial charge in [-0.05, 0) is 85.9 Å². The second kappa shape index (κ2) is 5.36. The van der Waals surface area contributed by atoms with Crippen LogP contribution in [0.25, 0.3) is 0 Å². The van der Waals surface area contributed by atoms with Crippen LogP contribution in [0, 0.1) is 34.5 Å². The maximum absolute atomic E-state index is 5.87. The van der Waals surface area contributed by atoms with Crippen molar-refractivity contribution in [3.63, 3.8) is 0 Å². The number of rotatable bonds is 1. The van der Waals surface area contributed by atoms with Crippen LogP contribution in [0.3, 0.4) is 0 Å². The van der Waals surface area contributed by atoms with E-state index in [1.54, 1.807) is 0 Å². The van der Waals surface area contributed by atoms with E-state index in [2.05, 4.69) is 36.9 Å². The van der Waals surface area contributed by atoms with Gasteiger partial charge in [0.25, 0.3) is 0 Å². The number of hydrogen-bond donors (Lipinski definition) is 0. The molecule has 7 atom stereocenters. The molecule has 4 aliphatic rings. The highest BCUT2D eigenvalue weighted by atomic mass is 127. The molecule has 0 saturated heterocycles. The number of fused-ring (bicyclic) bond motifs is 5. The fourth-order valence-corrected chi connectivity index (χ4v) is 8.23. The lowest BCUT2D eigenvalue weighted by atomic mass is 9.45. The van der Waals surface area contributed by atoms with Crippen molar-refractivity contribution in [2.75, 3.05) is 0 Å². The summed E-state index contributed by atoms with van der Waals surface area (Å²) in [6, 6.07) is 0. The van der Waals surface area contributed by atoms with Gasteiger partial charge in [-0.25, -0.2) is 0 Å². The molecule has 2 heteroatoms. The van der Waals surface area contributed by atoms with Crippen LogP contribution in [0.2, 0.25) is 0 Å².